The molecule has 12 heavy (non-hydrogen) atoms. The highest BCUT2D eigenvalue weighted by Gasteiger charge is 2.13. The lowest BCUT2D eigenvalue weighted by atomic mass is 10.3. The topological polar surface area (TPSA) is 63.6 Å². The number of carbonyl (C=O) groups is 2. The van der Waals surface area contributed by atoms with E-state index < -0.39 is 11.9 Å². The molecule has 0 heterocycles. The van der Waals surface area contributed by atoms with Gasteiger partial charge >= 0.3 is 11.9 Å². The number of carboxylic acids is 1. The highest BCUT2D eigenvalue weighted by Crippen LogP contribution is 2.07. The third-order valence-electron chi connectivity index (χ3n) is 1.13. The third-order valence-corrected chi connectivity index (χ3v) is 1.13. The molecule has 4 heteroatoms. The fourth-order valence-corrected chi connectivity index (χ4v) is 0.639. The summed E-state index contributed by atoms with van der Waals surface area (Å²) in [5.41, 5.74) is 0. The van der Waals surface area contributed by atoms with E-state index in [2.05, 4.69) is 4.74 Å². The Hall–Kier alpha value is -1.84. The average molecular weight is 166 g/mol. The summed E-state index contributed by atoms with van der Waals surface area (Å²) < 4.78 is 4.44. The molecule has 4 nitrogen and oxygen atoms in total. The smallest absolute Gasteiger partial charge is 0.422 e. The van der Waals surface area contributed by atoms with E-state index in [1.165, 1.54) is 12.1 Å². The molecule has 62 valence electrons. The maximum atomic E-state index is 10.5. The molecule has 0 fully saturated rings. The second-order valence-corrected chi connectivity index (χ2v) is 2.01. The Balaban J connectivity index is 2.65. The van der Waals surface area contributed by atoms with E-state index in [-0.39, 0.29) is 5.75 Å². The van der Waals surface area contributed by atoms with Crippen molar-refractivity contribution in [1.29, 1.82) is 0 Å². The van der Waals surface area contributed by atoms with Crippen LogP contribution in [0.15, 0.2) is 30.3 Å². The van der Waals surface area contributed by atoms with Gasteiger partial charge in [0.15, 0.2) is 0 Å². The minimum atomic E-state index is -1.60. The fraction of sp³-hybridized carbons (Fsp3) is 0. The van der Waals surface area contributed by atoms with Crippen LogP contribution in [0.4, 0.5) is 0 Å². The number of benzene rings is 1. The lowest BCUT2D eigenvalue weighted by molar-refractivity contribution is -0.158. The molecule has 0 unspecified atom stereocenters. The van der Waals surface area contributed by atoms with Crippen LogP contribution < -0.4 is 4.74 Å². The first-order valence-corrected chi connectivity index (χ1v) is 3.20. The summed E-state index contributed by atoms with van der Waals surface area (Å²) in [7, 11) is 0. The number of hydrogen-bond donors (Lipinski definition) is 1. The van der Waals surface area contributed by atoms with Crippen molar-refractivity contribution in [2.75, 3.05) is 0 Å². The van der Waals surface area contributed by atoms with Gasteiger partial charge in [-0.05, 0) is 12.1 Å². The quantitative estimate of drug-likeness (QED) is 0.378. The molecule has 0 atom stereocenters. The Labute approximate surface area is 68.4 Å². The van der Waals surface area contributed by atoms with E-state index in [0.717, 1.165) is 0 Å². The summed E-state index contributed by atoms with van der Waals surface area (Å²) >= 11 is 0. The second-order valence-electron chi connectivity index (χ2n) is 2.01. The highest BCUT2D eigenvalue weighted by atomic mass is 16.6. The Morgan fingerprint density at radius 2 is 1.75 bits per heavy atom. The summed E-state index contributed by atoms with van der Waals surface area (Å²) in [4.78, 5) is 20.5. The van der Waals surface area contributed by atoms with Crippen LogP contribution in [0.5, 0.6) is 5.75 Å². The molecule has 0 aliphatic heterocycles. The summed E-state index contributed by atoms with van der Waals surface area (Å²) in [6.45, 7) is 0. The van der Waals surface area contributed by atoms with Gasteiger partial charge in [0.1, 0.15) is 5.75 Å². The van der Waals surface area contributed by atoms with Gasteiger partial charge in [0.05, 0.1) is 0 Å². The predicted octanol–water partition coefficient (Wildman–Crippen LogP) is 0.677. The van der Waals surface area contributed by atoms with Crippen LogP contribution in [0, 0.1) is 0 Å². The summed E-state index contributed by atoms with van der Waals surface area (Å²) in [6.07, 6.45) is 0. The fourth-order valence-electron chi connectivity index (χ4n) is 0.639. The van der Waals surface area contributed by atoms with Gasteiger partial charge in [-0.25, -0.2) is 9.59 Å². The summed E-state index contributed by atoms with van der Waals surface area (Å²) in [5.74, 6) is -2.65. The zero-order chi connectivity index (χ0) is 8.97. The van der Waals surface area contributed by atoms with E-state index >= 15 is 0 Å². The minimum absolute atomic E-state index is 0.227. The minimum Gasteiger partial charge on any atom is -0.473 e. The monoisotopic (exact) mass is 166 g/mol. The molecule has 0 saturated heterocycles. The van der Waals surface area contributed by atoms with Gasteiger partial charge < -0.3 is 9.84 Å². The van der Waals surface area contributed by atoms with Crippen molar-refractivity contribution in [2.24, 2.45) is 0 Å². The number of hydrogen-bond acceptors (Lipinski definition) is 3. The number of rotatable bonds is 1. The van der Waals surface area contributed by atoms with Crippen LogP contribution in [0.1, 0.15) is 0 Å². The van der Waals surface area contributed by atoms with Crippen molar-refractivity contribution in [3.05, 3.63) is 30.3 Å². The van der Waals surface area contributed by atoms with Crippen molar-refractivity contribution in [3.63, 3.8) is 0 Å². The van der Waals surface area contributed by atoms with E-state index in [1.54, 1.807) is 18.2 Å². The number of esters is 1. The first kappa shape index (κ1) is 8.26. The maximum absolute atomic E-state index is 10.5. The Kier molecular flexibility index (Phi) is 2.42. The second kappa shape index (κ2) is 3.52. The largest absolute Gasteiger partial charge is 0.473 e. The molecule has 0 spiro atoms. The molecule has 0 amide bonds. The molecule has 0 aliphatic rings. The molecule has 1 N–H and O–H groups in total. The van der Waals surface area contributed by atoms with Crippen molar-refractivity contribution in [3.8, 4) is 5.75 Å². The molecule has 0 bridgehead atoms. The van der Waals surface area contributed by atoms with E-state index in [4.69, 9.17) is 5.11 Å². The number of carbonyl (C=O) groups excluding carboxylic acids is 1. The summed E-state index contributed by atoms with van der Waals surface area (Å²) in [6, 6.07) is 8.02. The third kappa shape index (κ3) is 2.09. The first-order valence-electron chi connectivity index (χ1n) is 3.20. The van der Waals surface area contributed by atoms with E-state index in [1.807, 2.05) is 0 Å². The Morgan fingerprint density at radius 3 is 2.25 bits per heavy atom. The van der Waals surface area contributed by atoms with Gasteiger partial charge in [-0.3, -0.25) is 0 Å². The molecule has 0 aliphatic carbocycles. The normalized spacial score (nSPS) is 9.00. The van der Waals surface area contributed by atoms with Crippen LogP contribution >= 0.6 is 0 Å². The van der Waals surface area contributed by atoms with Gasteiger partial charge in [0.25, 0.3) is 0 Å². The molecular weight excluding hydrogens is 160 g/mol. The lowest BCUT2D eigenvalue weighted by Crippen LogP contribution is -2.19. The molecule has 1 aromatic carbocycles. The van der Waals surface area contributed by atoms with Gasteiger partial charge in [-0.2, -0.15) is 0 Å². The average Bonchev–Trinajstić information content (AvgIpc) is 2.06. The molecule has 0 saturated carbocycles. The standard InChI is InChI=1S/C8H6O4/c9-7(10)8(11)12-6-4-2-1-3-5-6/h1-5H,(H,9,10). The maximum Gasteiger partial charge on any atom is 0.422 e. The van der Waals surface area contributed by atoms with Crippen LogP contribution in [0.3, 0.4) is 0 Å². The molecule has 0 radical (unpaired) electrons. The highest BCUT2D eigenvalue weighted by molar-refractivity contribution is 6.29. The van der Waals surface area contributed by atoms with Crippen molar-refractivity contribution < 1.29 is 19.4 Å². The number of carboxylic acid groups (broad SMARTS) is 1. The van der Waals surface area contributed by atoms with Gasteiger partial charge in [0.2, 0.25) is 0 Å². The zero-order valence-corrected chi connectivity index (χ0v) is 6.06. The molecule has 1 aromatic rings. The van der Waals surface area contributed by atoms with Crippen LogP contribution in [-0.4, -0.2) is 17.0 Å². The number of para-hydroxylation sites is 1. The van der Waals surface area contributed by atoms with Gasteiger partial charge in [-0.15, -0.1) is 0 Å². The van der Waals surface area contributed by atoms with Crippen LogP contribution in [0.25, 0.3) is 0 Å². The van der Waals surface area contributed by atoms with Gasteiger partial charge in [0, 0.05) is 0 Å². The van der Waals surface area contributed by atoms with Crippen molar-refractivity contribution in [2.45, 2.75) is 0 Å². The van der Waals surface area contributed by atoms with Crippen LogP contribution in [0.2, 0.25) is 0 Å². The van der Waals surface area contributed by atoms with E-state index in [0.29, 0.717) is 0 Å². The van der Waals surface area contributed by atoms with Crippen molar-refractivity contribution >= 4 is 11.9 Å². The summed E-state index contributed by atoms with van der Waals surface area (Å²) in [5, 5.41) is 8.17. The van der Waals surface area contributed by atoms with Crippen LogP contribution in [-0.2, 0) is 9.59 Å². The molecule has 0 aromatic heterocycles. The predicted molar refractivity (Wildman–Crippen MR) is 39.7 cm³/mol. The molecule has 1 rings (SSSR count). The Morgan fingerprint density at radius 1 is 1.17 bits per heavy atom. The Bertz CT molecular complexity index is 291. The zero-order valence-electron chi connectivity index (χ0n) is 6.06. The van der Waals surface area contributed by atoms with E-state index in [9.17, 15) is 9.59 Å². The van der Waals surface area contributed by atoms with Gasteiger partial charge in [-0.1, -0.05) is 18.2 Å². The lowest BCUT2D eigenvalue weighted by Gasteiger charge is -1.98. The molecular formula is C8H6O4. The first-order chi connectivity index (χ1) is 5.70. The number of ether oxygens (including phenoxy) is 1. The SMILES string of the molecule is O=C(O)C(=O)Oc1ccccc1. The van der Waals surface area contributed by atoms with Crippen molar-refractivity contribution in [1.82, 2.24) is 0 Å². The number of aliphatic carboxylic acids is 1.